The molecular formula is C19H18N2O3S. The lowest BCUT2D eigenvalue weighted by Crippen LogP contribution is -2.15. The van der Waals surface area contributed by atoms with Gasteiger partial charge in [0.15, 0.2) is 0 Å². The van der Waals surface area contributed by atoms with Crippen LogP contribution in [0.1, 0.15) is 5.69 Å². The predicted molar refractivity (Wildman–Crippen MR) is 99.4 cm³/mol. The van der Waals surface area contributed by atoms with Gasteiger partial charge in [-0.1, -0.05) is 30.3 Å². The van der Waals surface area contributed by atoms with Crippen LogP contribution in [0.4, 0.5) is 5.69 Å². The van der Waals surface area contributed by atoms with Crippen molar-refractivity contribution < 1.29 is 14.3 Å². The average Bonchev–Trinajstić information content (AvgIpc) is 3.10. The lowest BCUT2D eigenvalue weighted by molar-refractivity contribution is -0.115. The molecule has 25 heavy (non-hydrogen) atoms. The van der Waals surface area contributed by atoms with E-state index in [0.717, 1.165) is 16.3 Å². The Hall–Kier alpha value is -2.86. The van der Waals surface area contributed by atoms with Crippen LogP contribution >= 0.6 is 11.3 Å². The number of ether oxygens (including phenoxy) is 2. The number of thiazole rings is 1. The molecule has 1 N–H and O–H groups in total. The van der Waals surface area contributed by atoms with Gasteiger partial charge in [-0.15, -0.1) is 11.3 Å². The van der Waals surface area contributed by atoms with Crippen molar-refractivity contribution in [2.75, 3.05) is 19.5 Å². The van der Waals surface area contributed by atoms with E-state index < -0.39 is 0 Å². The summed E-state index contributed by atoms with van der Waals surface area (Å²) >= 11 is 1.53. The Morgan fingerprint density at radius 1 is 1.12 bits per heavy atom. The average molecular weight is 354 g/mol. The normalized spacial score (nSPS) is 10.3. The molecule has 0 bridgehead atoms. The Morgan fingerprint density at radius 3 is 2.64 bits per heavy atom. The summed E-state index contributed by atoms with van der Waals surface area (Å²) in [5.41, 5.74) is 2.36. The highest BCUT2D eigenvalue weighted by molar-refractivity contribution is 7.13. The van der Waals surface area contributed by atoms with Crippen molar-refractivity contribution in [1.29, 1.82) is 0 Å². The molecular weight excluding hydrogens is 336 g/mol. The molecule has 3 rings (SSSR count). The molecule has 0 saturated heterocycles. The number of methoxy groups -OCH3 is 2. The standard InChI is InChI=1S/C19H18N2O3S/c1-23-15-8-9-17(24-2)16(11-15)21-18(22)10-14-12-25-19(20-14)13-6-4-3-5-7-13/h3-9,11-12H,10H2,1-2H3,(H,21,22). The highest BCUT2D eigenvalue weighted by Crippen LogP contribution is 2.29. The van der Waals surface area contributed by atoms with E-state index in [1.54, 1.807) is 32.4 Å². The van der Waals surface area contributed by atoms with E-state index in [0.29, 0.717) is 17.2 Å². The highest BCUT2D eigenvalue weighted by Gasteiger charge is 2.12. The zero-order chi connectivity index (χ0) is 17.6. The van der Waals surface area contributed by atoms with Crippen LogP contribution in [0.5, 0.6) is 11.5 Å². The largest absolute Gasteiger partial charge is 0.497 e. The van der Waals surface area contributed by atoms with E-state index in [1.165, 1.54) is 11.3 Å². The van der Waals surface area contributed by atoms with Crippen LogP contribution < -0.4 is 14.8 Å². The third-order valence-corrected chi connectivity index (χ3v) is 4.54. The van der Waals surface area contributed by atoms with Crippen molar-refractivity contribution in [2.24, 2.45) is 0 Å². The molecule has 0 saturated carbocycles. The van der Waals surface area contributed by atoms with Crippen molar-refractivity contribution in [3.8, 4) is 22.1 Å². The van der Waals surface area contributed by atoms with Gasteiger partial charge in [0.1, 0.15) is 16.5 Å². The number of carbonyl (C=O) groups excluding carboxylic acids is 1. The quantitative estimate of drug-likeness (QED) is 0.727. The van der Waals surface area contributed by atoms with Crippen LogP contribution in [-0.4, -0.2) is 25.1 Å². The molecule has 1 amide bonds. The number of anilines is 1. The molecule has 5 nitrogen and oxygen atoms in total. The first-order valence-electron chi connectivity index (χ1n) is 7.71. The second-order valence-electron chi connectivity index (χ2n) is 5.30. The van der Waals surface area contributed by atoms with Crippen LogP contribution in [0, 0.1) is 0 Å². The van der Waals surface area contributed by atoms with Gasteiger partial charge in [-0.2, -0.15) is 0 Å². The Balaban J connectivity index is 1.70. The summed E-state index contributed by atoms with van der Waals surface area (Å²) in [5.74, 6) is 1.07. The molecule has 0 unspecified atom stereocenters. The highest BCUT2D eigenvalue weighted by atomic mass is 32.1. The summed E-state index contributed by atoms with van der Waals surface area (Å²) in [5, 5.41) is 5.67. The van der Waals surface area contributed by atoms with E-state index in [9.17, 15) is 4.79 Å². The number of benzene rings is 2. The maximum absolute atomic E-state index is 12.4. The zero-order valence-corrected chi connectivity index (χ0v) is 14.8. The molecule has 0 atom stereocenters. The summed E-state index contributed by atoms with van der Waals surface area (Å²) in [6, 6.07) is 15.2. The Bertz CT molecular complexity index is 862. The summed E-state index contributed by atoms with van der Waals surface area (Å²) in [4.78, 5) is 16.9. The number of amides is 1. The van der Waals surface area contributed by atoms with E-state index in [1.807, 2.05) is 35.7 Å². The predicted octanol–water partition coefficient (Wildman–Crippen LogP) is 4.01. The molecule has 1 aromatic heterocycles. The van der Waals surface area contributed by atoms with E-state index in [-0.39, 0.29) is 12.3 Å². The van der Waals surface area contributed by atoms with Gasteiger partial charge in [0.2, 0.25) is 5.91 Å². The molecule has 0 aliphatic heterocycles. The van der Waals surface area contributed by atoms with Gasteiger partial charge >= 0.3 is 0 Å². The van der Waals surface area contributed by atoms with Crippen LogP contribution in [0.25, 0.3) is 10.6 Å². The van der Waals surface area contributed by atoms with Crippen LogP contribution in [0.2, 0.25) is 0 Å². The lowest BCUT2D eigenvalue weighted by Gasteiger charge is -2.11. The Morgan fingerprint density at radius 2 is 1.92 bits per heavy atom. The molecule has 3 aromatic rings. The molecule has 0 fully saturated rings. The van der Waals surface area contributed by atoms with Crippen LogP contribution in [-0.2, 0) is 11.2 Å². The lowest BCUT2D eigenvalue weighted by atomic mass is 10.2. The maximum atomic E-state index is 12.4. The third kappa shape index (κ3) is 4.16. The van der Waals surface area contributed by atoms with Crippen LogP contribution in [0.15, 0.2) is 53.9 Å². The van der Waals surface area contributed by atoms with Gasteiger partial charge in [-0.3, -0.25) is 4.79 Å². The van der Waals surface area contributed by atoms with Crippen molar-refractivity contribution in [3.05, 3.63) is 59.6 Å². The molecule has 0 aliphatic carbocycles. The number of rotatable bonds is 6. The molecule has 1 heterocycles. The number of hydrogen-bond donors (Lipinski definition) is 1. The number of aromatic nitrogens is 1. The fourth-order valence-electron chi connectivity index (χ4n) is 2.37. The van der Waals surface area contributed by atoms with Crippen LogP contribution in [0.3, 0.4) is 0 Å². The first-order chi connectivity index (χ1) is 12.2. The molecule has 0 aliphatic rings. The van der Waals surface area contributed by atoms with Crippen molar-refractivity contribution in [3.63, 3.8) is 0 Å². The van der Waals surface area contributed by atoms with Crippen molar-refractivity contribution in [2.45, 2.75) is 6.42 Å². The molecule has 6 heteroatoms. The molecule has 0 spiro atoms. The number of carbonyl (C=O) groups is 1. The summed E-state index contributed by atoms with van der Waals surface area (Å²) in [6.07, 6.45) is 0.198. The third-order valence-electron chi connectivity index (χ3n) is 3.59. The fraction of sp³-hybridized carbons (Fsp3) is 0.158. The summed E-state index contributed by atoms with van der Waals surface area (Å²) in [7, 11) is 3.14. The number of hydrogen-bond acceptors (Lipinski definition) is 5. The van der Waals surface area contributed by atoms with Gasteiger partial charge < -0.3 is 14.8 Å². The van der Waals surface area contributed by atoms with Crippen molar-refractivity contribution in [1.82, 2.24) is 4.98 Å². The summed E-state index contributed by atoms with van der Waals surface area (Å²) in [6.45, 7) is 0. The van der Waals surface area contributed by atoms with E-state index in [4.69, 9.17) is 9.47 Å². The van der Waals surface area contributed by atoms with E-state index in [2.05, 4.69) is 10.3 Å². The SMILES string of the molecule is COc1ccc(OC)c(NC(=O)Cc2csc(-c3ccccc3)n2)c1. The van der Waals surface area contributed by atoms with Crippen molar-refractivity contribution >= 4 is 22.9 Å². The monoisotopic (exact) mass is 354 g/mol. The van der Waals surface area contributed by atoms with Gasteiger partial charge in [-0.25, -0.2) is 4.98 Å². The molecule has 2 aromatic carbocycles. The minimum atomic E-state index is -0.156. The van der Waals surface area contributed by atoms with Gasteiger partial charge in [0, 0.05) is 17.0 Å². The van der Waals surface area contributed by atoms with E-state index >= 15 is 0 Å². The first kappa shape index (κ1) is 17.0. The second-order valence-corrected chi connectivity index (χ2v) is 6.16. The topological polar surface area (TPSA) is 60.5 Å². The van der Waals surface area contributed by atoms with Gasteiger partial charge in [0.05, 0.1) is 32.0 Å². The minimum Gasteiger partial charge on any atom is -0.497 e. The summed E-state index contributed by atoms with van der Waals surface area (Å²) < 4.78 is 10.5. The fourth-order valence-corrected chi connectivity index (χ4v) is 3.20. The molecule has 0 radical (unpaired) electrons. The number of nitrogens with one attached hydrogen (secondary N) is 1. The van der Waals surface area contributed by atoms with Gasteiger partial charge in [0.25, 0.3) is 0 Å². The maximum Gasteiger partial charge on any atom is 0.230 e. The van der Waals surface area contributed by atoms with Gasteiger partial charge in [-0.05, 0) is 12.1 Å². The first-order valence-corrected chi connectivity index (χ1v) is 8.59. The Labute approximate surface area is 150 Å². The zero-order valence-electron chi connectivity index (χ0n) is 14.0. The molecule has 128 valence electrons. The number of nitrogens with zero attached hydrogens (tertiary/aromatic N) is 1. The smallest absolute Gasteiger partial charge is 0.230 e. The Kier molecular flexibility index (Phi) is 5.30. The minimum absolute atomic E-state index is 0.156. The second kappa shape index (κ2) is 7.81.